The van der Waals surface area contributed by atoms with Crippen molar-refractivity contribution in [3.8, 4) is 0 Å². The molecule has 1 atom stereocenters. The molecular formula is C27H29FN2O2S. The third-order valence-corrected chi connectivity index (χ3v) is 7.08. The zero-order chi connectivity index (χ0) is 23.2. The number of thiophene rings is 1. The zero-order valence-corrected chi connectivity index (χ0v) is 19.6. The van der Waals surface area contributed by atoms with Crippen molar-refractivity contribution in [2.24, 2.45) is 0 Å². The van der Waals surface area contributed by atoms with E-state index in [1.54, 1.807) is 17.0 Å². The number of carbonyl (C=O) groups excluding carboxylic acids is 2. The van der Waals surface area contributed by atoms with Gasteiger partial charge in [0.15, 0.2) is 0 Å². The molecule has 0 aliphatic heterocycles. The van der Waals surface area contributed by atoms with E-state index in [9.17, 15) is 14.0 Å². The van der Waals surface area contributed by atoms with Gasteiger partial charge in [0, 0.05) is 16.6 Å². The predicted molar refractivity (Wildman–Crippen MR) is 131 cm³/mol. The summed E-state index contributed by atoms with van der Waals surface area (Å²) in [6.45, 7) is 2.03. The highest BCUT2D eigenvalue weighted by atomic mass is 32.1. The van der Waals surface area contributed by atoms with Crippen molar-refractivity contribution in [2.75, 3.05) is 4.90 Å². The van der Waals surface area contributed by atoms with Crippen molar-refractivity contribution in [2.45, 2.75) is 57.5 Å². The molecule has 2 aromatic carbocycles. The second-order valence-electron chi connectivity index (χ2n) is 8.45. The lowest BCUT2D eigenvalue weighted by Crippen LogP contribution is -2.47. The first-order chi connectivity index (χ1) is 16.1. The van der Waals surface area contributed by atoms with Crippen LogP contribution in [0.1, 0.15) is 54.7 Å². The maximum Gasteiger partial charge on any atom is 0.248 e. The molecule has 1 aliphatic carbocycles. The topological polar surface area (TPSA) is 49.4 Å². The van der Waals surface area contributed by atoms with E-state index in [1.165, 1.54) is 23.5 Å². The van der Waals surface area contributed by atoms with E-state index in [-0.39, 0.29) is 30.1 Å². The predicted octanol–water partition coefficient (Wildman–Crippen LogP) is 5.83. The van der Waals surface area contributed by atoms with Gasteiger partial charge in [0.1, 0.15) is 11.9 Å². The minimum atomic E-state index is -0.883. The number of para-hydroxylation sites is 1. The number of benzene rings is 2. The van der Waals surface area contributed by atoms with Gasteiger partial charge in [-0.3, -0.25) is 14.5 Å². The van der Waals surface area contributed by atoms with Gasteiger partial charge in [0.05, 0.1) is 6.42 Å². The number of carbonyl (C=O) groups is 2. The van der Waals surface area contributed by atoms with Gasteiger partial charge in [-0.2, -0.15) is 0 Å². The van der Waals surface area contributed by atoms with E-state index in [4.69, 9.17) is 0 Å². The molecule has 1 aliphatic rings. The highest BCUT2D eigenvalue weighted by Gasteiger charge is 2.35. The minimum Gasteiger partial charge on any atom is -0.351 e. The van der Waals surface area contributed by atoms with Crippen LogP contribution in [0.25, 0.3) is 0 Å². The number of anilines is 1. The van der Waals surface area contributed by atoms with E-state index < -0.39 is 6.04 Å². The molecule has 0 radical (unpaired) electrons. The first-order valence-corrected chi connectivity index (χ1v) is 12.4. The lowest BCUT2D eigenvalue weighted by molar-refractivity contribution is -0.127. The molecular weight excluding hydrogens is 435 g/mol. The minimum absolute atomic E-state index is 0.108. The van der Waals surface area contributed by atoms with E-state index in [1.807, 2.05) is 48.7 Å². The zero-order valence-electron chi connectivity index (χ0n) is 18.8. The Morgan fingerprint density at radius 2 is 1.79 bits per heavy atom. The molecule has 1 heterocycles. The van der Waals surface area contributed by atoms with Crippen LogP contribution < -0.4 is 10.2 Å². The number of hydrogen-bond acceptors (Lipinski definition) is 3. The summed E-state index contributed by atoms with van der Waals surface area (Å²) in [7, 11) is 0. The lowest BCUT2D eigenvalue weighted by atomic mass is 9.99. The number of nitrogens with zero attached hydrogens (tertiary/aromatic N) is 1. The molecule has 3 aromatic rings. The van der Waals surface area contributed by atoms with E-state index in [2.05, 4.69) is 5.32 Å². The normalized spacial score (nSPS) is 14.7. The third-order valence-electron chi connectivity index (χ3n) is 6.20. The first kappa shape index (κ1) is 23.2. The van der Waals surface area contributed by atoms with Crippen LogP contribution in [0.5, 0.6) is 0 Å². The van der Waals surface area contributed by atoms with Crippen LogP contribution in [0.2, 0.25) is 0 Å². The monoisotopic (exact) mass is 464 g/mol. The average Bonchev–Trinajstić information content (AvgIpc) is 3.52. The Morgan fingerprint density at radius 1 is 1.06 bits per heavy atom. The molecule has 172 valence electrons. The Morgan fingerprint density at radius 3 is 2.45 bits per heavy atom. The van der Waals surface area contributed by atoms with Crippen molar-refractivity contribution >= 4 is 28.8 Å². The summed E-state index contributed by atoms with van der Waals surface area (Å²) < 4.78 is 13.8. The summed E-state index contributed by atoms with van der Waals surface area (Å²) in [5, 5.41) is 5.11. The number of rotatable bonds is 8. The Kier molecular flexibility index (Phi) is 7.55. The Balaban J connectivity index is 1.79. The molecule has 4 rings (SSSR count). The molecule has 6 heteroatoms. The lowest BCUT2D eigenvalue weighted by Gasteiger charge is -2.33. The molecule has 0 spiro atoms. The van der Waals surface area contributed by atoms with Gasteiger partial charge in [-0.25, -0.2) is 4.39 Å². The van der Waals surface area contributed by atoms with Crippen LogP contribution in [-0.4, -0.2) is 17.9 Å². The molecule has 0 unspecified atom stereocenters. The third kappa shape index (κ3) is 5.50. The first-order valence-electron chi connectivity index (χ1n) is 11.5. The maximum absolute atomic E-state index is 13.8. The average molecular weight is 465 g/mol. The summed E-state index contributed by atoms with van der Waals surface area (Å²) in [6.07, 6.45) is 4.98. The van der Waals surface area contributed by atoms with Crippen LogP contribution in [0.4, 0.5) is 10.1 Å². The van der Waals surface area contributed by atoms with Gasteiger partial charge in [-0.1, -0.05) is 56.2 Å². The van der Waals surface area contributed by atoms with Gasteiger partial charge in [-0.05, 0) is 60.0 Å². The number of amides is 2. The fourth-order valence-corrected chi connectivity index (χ4v) is 5.22. The SMILES string of the molecule is CCc1ccccc1N(C(=O)Cc1cccs1)[C@H](C(=O)NC1CCCC1)c1ccc(F)cc1. The van der Waals surface area contributed by atoms with Gasteiger partial charge >= 0.3 is 0 Å². The van der Waals surface area contributed by atoms with Gasteiger partial charge in [0.2, 0.25) is 11.8 Å². The molecule has 0 bridgehead atoms. The van der Waals surface area contributed by atoms with Crippen LogP contribution in [0, 0.1) is 5.82 Å². The second-order valence-corrected chi connectivity index (χ2v) is 9.48. The van der Waals surface area contributed by atoms with Crippen LogP contribution in [-0.2, 0) is 22.4 Å². The fourth-order valence-electron chi connectivity index (χ4n) is 4.52. The highest BCUT2D eigenvalue weighted by Crippen LogP contribution is 2.33. The summed E-state index contributed by atoms with van der Waals surface area (Å²) in [4.78, 5) is 30.0. The molecule has 1 fully saturated rings. The largest absolute Gasteiger partial charge is 0.351 e. The molecule has 2 amide bonds. The molecule has 0 saturated heterocycles. The number of hydrogen-bond donors (Lipinski definition) is 1. The Bertz CT molecular complexity index is 1080. The van der Waals surface area contributed by atoms with E-state index >= 15 is 0 Å². The summed E-state index contributed by atoms with van der Waals surface area (Å²) in [5.74, 6) is -0.757. The maximum atomic E-state index is 13.8. The van der Waals surface area contributed by atoms with Crippen LogP contribution >= 0.6 is 11.3 Å². The van der Waals surface area contributed by atoms with E-state index in [0.29, 0.717) is 5.56 Å². The van der Waals surface area contributed by atoms with Crippen molar-refractivity contribution in [1.82, 2.24) is 5.32 Å². The van der Waals surface area contributed by atoms with Gasteiger partial charge < -0.3 is 5.32 Å². The quantitative estimate of drug-likeness (QED) is 0.456. The van der Waals surface area contributed by atoms with Crippen LogP contribution in [0.15, 0.2) is 66.0 Å². The van der Waals surface area contributed by atoms with Gasteiger partial charge in [0.25, 0.3) is 0 Å². The van der Waals surface area contributed by atoms with Crippen molar-refractivity contribution in [3.63, 3.8) is 0 Å². The number of nitrogens with one attached hydrogen (secondary N) is 1. The van der Waals surface area contributed by atoms with Crippen molar-refractivity contribution in [1.29, 1.82) is 0 Å². The van der Waals surface area contributed by atoms with Crippen LogP contribution in [0.3, 0.4) is 0 Å². The summed E-state index contributed by atoms with van der Waals surface area (Å²) in [5.41, 5.74) is 2.30. The summed E-state index contributed by atoms with van der Waals surface area (Å²) in [6, 6.07) is 16.7. The Labute approximate surface area is 198 Å². The number of halogens is 1. The highest BCUT2D eigenvalue weighted by molar-refractivity contribution is 7.10. The van der Waals surface area contributed by atoms with Crippen molar-refractivity contribution < 1.29 is 14.0 Å². The molecule has 4 nitrogen and oxygen atoms in total. The summed E-state index contributed by atoms with van der Waals surface area (Å²) >= 11 is 1.52. The fraction of sp³-hybridized carbons (Fsp3) is 0.333. The number of aryl methyl sites for hydroxylation is 1. The molecule has 1 aromatic heterocycles. The molecule has 1 N–H and O–H groups in total. The standard InChI is InChI=1S/C27H29FN2O2S/c1-2-19-8-3-6-12-24(19)30(25(31)18-23-11-7-17-33-23)26(20-13-15-21(28)16-14-20)27(32)29-22-9-4-5-10-22/h3,6-8,11-17,22,26H,2,4-5,9-10,18H2,1H3,(H,29,32)/t26-/m0/s1. The van der Waals surface area contributed by atoms with Gasteiger partial charge in [-0.15, -0.1) is 11.3 Å². The Hall–Kier alpha value is -2.99. The second kappa shape index (κ2) is 10.8. The smallest absolute Gasteiger partial charge is 0.248 e. The van der Waals surface area contributed by atoms with E-state index in [0.717, 1.165) is 48.2 Å². The van der Waals surface area contributed by atoms with Crippen molar-refractivity contribution in [3.05, 3.63) is 87.9 Å². The molecule has 1 saturated carbocycles. The molecule has 33 heavy (non-hydrogen) atoms.